The summed E-state index contributed by atoms with van der Waals surface area (Å²) in [5.41, 5.74) is 3.90. The molecule has 0 spiro atoms. The molecular weight excluding hydrogens is 174 g/mol. The first-order valence-corrected chi connectivity index (χ1v) is 4.54. The number of carbonyl (C=O) groups is 1. The molecule has 1 aromatic carbocycles. The lowest BCUT2D eigenvalue weighted by Crippen LogP contribution is -2.02. The van der Waals surface area contributed by atoms with Crippen molar-refractivity contribution in [3.63, 3.8) is 0 Å². The molecule has 0 aliphatic rings. The van der Waals surface area contributed by atoms with Gasteiger partial charge in [0.1, 0.15) is 0 Å². The van der Waals surface area contributed by atoms with Crippen LogP contribution in [0.15, 0.2) is 12.1 Å². The lowest BCUT2D eigenvalue weighted by Gasteiger charge is -2.06. The fourth-order valence-electron chi connectivity index (χ4n) is 1.43. The minimum absolute atomic E-state index is 0.0384. The van der Waals surface area contributed by atoms with E-state index >= 15 is 0 Å². The van der Waals surface area contributed by atoms with Gasteiger partial charge in [-0.2, -0.15) is 5.26 Å². The second-order valence-electron chi connectivity index (χ2n) is 3.51. The standard InChI is InChI=1S/C12H13NO/c1-8-6-10(3)11(7-9(8)2)12(14)4-5-13/h6-7H,4H2,1-3H3. The molecule has 0 unspecified atom stereocenters. The van der Waals surface area contributed by atoms with Crippen molar-refractivity contribution in [2.24, 2.45) is 0 Å². The van der Waals surface area contributed by atoms with E-state index in [-0.39, 0.29) is 12.2 Å². The molecule has 1 aromatic rings. The van der Waals surface area contributed by atoms with E-state index in [0.717, 1.165) is 11.1 Å². The van der Waals surface area contributed by atoms with Gasteiger partial charge in [0.05, 0.1) is 12.5 Å². The summed E-state index contributed by atoms with van der Waals surface area (Å²) in [5, 5.41) is 8.44. The van der Waals surface area contributed by atoms with E-state index in [1.54, 1.807) is 0 Å². The van der Waals surface area contributed by atoms with Crippen molar-refractivity contribution in [1.29, 1.82) is 5.26 Å². The highest BCUT2D eigenvalue weighted by Gasteiger charge is 2.09. The van der Waals surface area contributed by atoms with Crippen molar-refractivity contribution in [3.8, 4) is 6.07 Å². The van der Waals surface area contributed by atoms with Gasteiger partial charge in [0, 0.05) is 5.56 Å². The van der Waals surface area contributed by atoms with Crippen LogP contribution in [0, 0.1) is 32.1 Å². The van der Waals surface area contributed by atoms with Crippen LogP contribution in [0.5, 0.6) is 0 Å². The first-order chi connectivity index (χ1) is 6.56. The number of ketones is 1. The van der Waals surface area contributed by atoms with Gasteiger partial charge in [-0.1, -0.05) is 6.07 Å². The number of Topliss-reactive ketones (excluding diaryl/α,β-unsaturated/α-hetero) is 1. The van der Waals surface area contributed by atoms with Crippen LogP contribution >= 0.6 is 0 Å². The average Bonchev–Trinajstić information content (AvgIpc) is 2.11. The Hall–Kier alpha value is -1.62. The Morgan fingerprint density at radius 2 is 1.79 bits per heavy atom. The van der Waals surface area contributed by atoms with Gasteiger partial charge in [0.15, 0.2) is 5.78 Å². The molecule has 0 radical (unpaired) electrons. The maximum Gasteiger partial charge on any atom is 0.177 e. The first-order valence-electron chi connectivity index (χ1n) is 4.54. The van der Waals surface area contributed by atoms with E-state index in [1.165, 1.54) is 5.56 Å². The number of hydrogen-bond donors (Lipinski definition) is 0. The van der Waals surface area contributed by atoms with E-state index in [1.807, 2.05) is 39.0 Å². The molecule has 0 atom stereocenters. The average molecular weight is 187 g/mol. The third kappa shape index (κ3) is 2.00. The van der Waals surface area contributed by atoms with Gasteiger partial charge in [-0.25, -0.2) is 0 Å². The SMILES string of the molecule is Cc1cc(C)c(C(=O)CC#N)cc1C. The Kier molecular flexibility index (Phi) is 3.03. The number of nitrogens with zero attached hydrogens (tertiary/aromatic N) is 1. The topological polar surface area (TPSA) is 40.9 Å². The summed E-state index contributed by atoms with van der Waals surface area (Å²) in [6, 6.07) is 5.73. The van der Waals surface area contributed by atoms with Crippen molar-refractivity contribution in [1.82, 2.24) is 0 Å². The van der Waals surface area contributed by atoms with Crippen LogP contribution in [0.25, 0.3) is 0 Å². The molecule has 0 fully saturated rings. The first kappa shape index (κ1) is 10.5. The molecule has 14 heavy (non-hydrogen) atoms. The normalized spacial score (nSPS) is 9.57. The van der Waals surface area contributed by atoms with Crippen LogP contribution in [0.3, 0.4) is 0 Å². The van der Waals surface area contributed by atoms with E-state index in [9.17, 15) is 4.79 Å². The second kappa shape index (κ2) is 4.06. The largest absolute Gasteiger partial charge is 0.293 e. The van der Waals surface area contributed by atoms with Gasteiger partial charge in [-0.3, -0.25) is 4.79 Å². The molecule has 2 heteroatoms. The van der Waals surface area contributed by atoms with Crippen LogP contribution in [0.4, 0.5) is 0 Å². The summed E-state index contributed by atoms with van der Waals surface area (Å²) in [5.74, 6) is -0.0897. The molecule has 0 aromatic heterocycles. The lowest BCUT2D eigenvalue weighted by molar-refractivity contribution is 0.0997. The summed E-state index contributed by atoms with van der Waals surface area (Å²) in [6.45, 7) is 5.88. The molecule has 0 N–H and O–H groups in total. The van der Waals surface area contributed by atoms with Gasteiger partial charge < -0.3 is 0 Å². The zero-order chi connectivity index (χ0) is 10.7. The van der Waals surface area contributed by atoms with E-state index in [0.29, 0.717) is 5.56 Å². The summed E-state index contributed by atoms with van der Waals surface area (Å²) >= 11 is 0. The molecular formula is C12H13NO. The van der Waals surface area contributed by atoms with Crippen LogP contribution in [0.1, 0.15) is 33.5 Å². The van der Waals surface area contributed by atoms with E-state index in [2.05, 4.69) is 0 Å². The van der Waals surface area contributed by atoms with Gasteiger partial charge in [-0.15, -0.1) is 0 Å². The van der Waals surface area contributed by atoms with E-state index < -0.39 is 0 Å². The maximum atomic E-state index is 11.5. The highest BCUT2D eigenvalue weighted by molar-refractivity contribution is 5.98. The second-order valence-corrected chi connectivity index (χ2v) is 3.51. The highest BCUT2D eigenvalue weighted by Crippen LogP contribution is 2.16. The zero-order valence-electron chi connectivity index (χ0n) is 8.72. The van der Waals surface area contributed by atoms with Crippen molar-refractivity contribution < 1.29 is 4.79 Å². The fourth-order valence-corrected chi connectivity index (χ4v) is 1.43. The number of nitriles is 1. The Bertz CT molecular complexity index is 413. The third-order valence-corrected chi connectivity index (χ3v) is 2.38. The number of benzene rings is 1. The van der Waals surface area contributed by atoms with Crippen molar-refractivity contribution >= 4 is 5.78 Å². The molecule has 72 valence electrons. The Labute approximate surface area is 84.2 Å². The predicted octanol–water partition coefficient (Wildman–Crippen LogP) is 2.71. The molecule has 0 aliphatic heterocycles. The number of carbonyl (C=O) groups excluding carboxylic acids is 1. The molecule has 1 rings (SSSR count). The number of rotatable bonds is 2. The molecule has 0 amide bonds. The fraction of sp³-hybridized carbons (Fsp3) is 0.333. The van der Waals surface area contributed by atoms with Crippen LogP contribution in [-0.4, -0.2) is 5.78 Å². The highest BCUT2D eigenvalue weighted by atomic mass is 16.1. The Morgan fingerprint density at radius 3 is 2.36 bits per heavy atom. The zero-order valence-corrected chi connectivity index (χ0v) is 8.72. The van der Waals surface area contributed by atoms with Gasteiger partial charge >= 0.3 is 0 Å². The van der Waals surface area contributed by atoms with Gasteiger partial charge in [0.2, 0.25) is 0 Å². The molecule has 0 heterocycles. The number of hydrogen-bond acceptors (Lipinski definition) is 2. The summed E-state index contributed by atoms with van der Waals surface area (Å²) in [6.07, 6.45) is -0.0384. The monoisotopic (exact) mass is 187 g/mol. The van der Waals surface area contributed by atoms with Crippen molar-refractivity contribution in [2.75, 3.05) is 0 Å². The Balaban J connectivity index is 3.17. The molecule has 0 bridgehead atoms. The predicted molar refractivity (Wildman–Crippen MR) is 55.2 cm³/mol. The minimum Gasteiger partial charge on any atom is -0.293 e. The minimum atomic E-state index is -0.0897. The molecule has 0 saturated heterocycles. The maximum absolute atomic E-state index is 11.5. The summed E-state index contributed by atoms with van der Waals surface area (Å²) in [4.78, 5) is 11.5. The van der Waals surface area contributed by atoms with Crippen LogP contribution < -0.4 is 0 Å². The molecule has 0 aliphatic carbocycles. The quantitative estimate of drug-likeness (QED) is 0.668. The Morgan fingerprint density at radius 1 is 1.21 bits per heavy atom. The number of aryl methyl sites for hydroxylation is 3. The summed E-state index contributed by atoms with van der Waals surface area (Å²) in [7, 11) is 0. The summed E-state index contributed by atoms with van der Waals surface area (Å²) < 4.78 is 0. The van der Waals surface area contributed by atoms with Crippen LogP contribution in [0.2, 0.25) is 0 Å². The van der Waals surface area contributed by atoms with Crippen molar-refractivity contribution in [2.45, 2.75) is 27.2 Å². The molecule has 2 nitrogen and oxygen atoms in total. The van der Waals surface area contributed by atoms with Gasteiger partial charge in [-0.05, 0) is 43.5 Å². The van der Waals surface area contributed by atoms with Crippen molar-refractivity contribution in [3.05, 3.63) is 34.4 Å². The smallest absolute Gasteiger partial charge is 0.177 e. The van der Waals surface area contributed by atoms with E-state index in [4.69, 9.17) is 5.26 Å². The lowest BCUT2D eigenvalue weighted by atomic mass is 9.97. The third-order valence-electron chi connectivity index (χ3n) is 2.38. The molecule has 0 saturated carbocycles. The van der Waals surface area contributed by atoms with Gasteiger partial charge in [0.25, 0.3) is 0 Å². The van der Waals surface area contributed by atoms with Crippen LogP contribution in [-0.2, 0) is 0 Å².